The molecule has 20 rings (SSSR count). The maximum Gasteiger partial charge on any atom is 0.164 e. The third-order valence-corrected chi connectivity index (χ3v) is 20.0. The van der Waals surface area contributed by atoms with E-state index in [1.54, 1.807) is 6.20 Å². The molecule has 16 heteroatoms. The molecule has 112 heavy (non-hydrogen) atoms. The van der Waals surface area contributed by atoms with Crippen molar-refractivity contribution in [2.24, 2.45) is 0 Å². The highest BCUT2D eigenvalue weighted by Crippen LogP contribution is 2.45. The second-order valence-electron chi connectivity index (χ2n) is 26.9. The monoisotopic (exact) mass is 1430 g/mol. The van der Waals surface area contributed by atoms with Crippen molar-refractivity contribution in [2.75, 3.05) is 0 Å². The van der Waals surface area contributed by atoms with Gasteiger partial charge in [0, 0.05) is 100 Å². The van der Waals surface area contributed by atoms with E-state index in [4.69, 9.17) is 64.8 Å². The van der Waals surface area contributed by atoms with Crippen LogP contribution >= 0.6 is 0 Å². The molecule has 0 unspecified atom stereocenters. The lowest BCUT2D eigenvalue weighted by Gasteiger charge is -2.19. The number of rotatable bonds is 15. The van der Waals surface area contributed by atoms with Crippen LogP contribution < -0.4 is 0 Å². The molecule has 0 fully saturated rings. The number of hydrogen-bond donors (Lipinski definition) is 0. The topological polar surface area (TPSA) is 201 Å². The van der Waals surface area contributed by atoms with Crippen LogP contribution in [0.5, 0.6) is 0 Å². The molecule has 0 aliphatic carbocycles. The molecule has 0 aliphatic heterocycles. The van der Waals surface area contributed by atoms with Crippen molar-refractivity contribution in [1.82, 2.24) is 73.9 Å². The Morgan fingerprint density at radius 2 is 0.429 bits per heavy atom. The standard InChI is InChI=1S/C96H58N16/c97-59-72-43-25-44-81(111-77-50-46-68(93-103-85(60-27-9-1-10-28-60)99-86(104-93)61-29-11-2-12-30-61)55-73(77)74-56-69(47-51-78(74)111)94-105-87(62-31-13-3-14-32-62)100-88(106-94)63-33-15-4-16-34-63)83(72)84-82(45-26-54-98-84)112-79-52-48-70(95-107-89(64-35-17-5-18-36-64)101-90(108-95)65-37-19-6-20-38-65)57-75(79)76-58-71(49-53-80(76)112)96-109-91(66-39-21-7-22-40-66)102-92(110-96)67-41-23-8-24-42-67/h1-58H. The van der Waals surface area contributed by atoms with Gasteiger partial charge in [0.25, 0.3) is 0 Å². The highest BCUT2D eigenvalue weighted by molar-refractivity contribution is 6.14. The molecule has 0 aliphatic rings. The lowest BCUT2D eigenvalue weighted by molar-refractivity contribution is 1.07. The number of fused-ring (bicyclic) bond motifs is 6. The molecule has 20 aromatic rings. The molecular formula is C96H58N16. The average molecular weight is 1440 g/mol. The van der Waals surface area contributed by atoms with Crippen LogP contribution in [-0.2, 0) is 0 Å². The van der Waals surface area contributed by atoms with Crippen LogP contribution in [-0.4, -0.2) is 73.9 Å². The molecule has 522 valence electrons. The van der Waals surface area contributed by atoms with Crippen LogP contribution in [0.3, 0.4) is 0 Å². The lowest BCUT2D eigenvalue weighted by atomic mass is 10.00. The van der Waals surface area contributed by atoms with Crippen LogP contribution in [0.4, 0.5) is 0 Å². The minimum absolute atomic E-state index is 0.404. The molecule has 0 radical (unpaired) electrons. The fraction of sp³-hybridized carbons (Fsp3) is 0. The van der Waals surface area contributed by atoms with E-state index in [0.29, 0.717) is 98.1 Å². The van der Waals surface area contributed by atoms with E-state index >= 15 is 0 Å². The zero-order chi connectivity index (χ0) is 74.4. The number of benzene rings is 13. The van der Waals surface area contributed by atoms with Gasteiger partial charge in [-0.25, -0.2) is 59.8 Å². The van der Waals surface area contributed by atoms with Crippen LogP contribution in [0.25, 0.3) is 203 Å². The first-order valence-corrected chi connectivity index (χ1v) is 36.6. The first-order chi connectivity index (χ1) is 55.4. The highest BCUT2D eigenvalue weighted by atomic mass is 15.1. The molecule has 0 N–H and O–H groups in total. The first-order valence-electron chi connectivity index (χ1n) is 36.6. The van der Waals surface area contributed by atoms with Gasteiger partial charge in [0.1, 0.15) is 0 Å². The summed E-state index contributed by atoms with van der Waals surface area (Å²) in [5, 5.41) is 15.2. The summed E-state index contributed by atoms with van der Waals surface area (Å²) >= 11 is 0. The minimum atomic E-state index is 0.404. The molecule has 0 spiro atoms. The van der Waals surface area contributed by atoms with Crippen molar-refractivity contribution in [3.63, 3.8) is 0 Å². The van der Waals surface area contributed by atoms with Crippen molar-refractivity contribution >= 4 is 43.6 Å². The summed E-state index contributed by atoms with van der Waals surface area (Å²) in [6.45, 7) is 0. The van der Waals surface area contributed by atoms with E-state index in [1.165, 1.54) is 0 Å². The maximum atomic E-state index is 11.7. The molecule has 16 nitrogen and oxygen atoms in total. The van der Waals surface area contributed by atoms with Crippen molar-refractivity contribution in [2.45, 2.75) is 0 Å². The molecular weight excluding hydrogens is 1380 g/mol. The van der Waals surface area contributed by atoms with Crippen LogP contribution in [0.2, 0.25) is 0 Å². The number of pyridine rings is 1. The average Bonchev–Trinajstić information content (AvgIpc) is 1.56. The van der Waals surface area contributed by atoms with Gasteiger partial charge in [0.2, 0.25) is 0 Å². The zero-order valence-corrected chi connectivity index (χ0v) is 59.6. The second kappa shape index (κ2) is 28.1. The summed E-state index contributed by atoms with van der Waals surface area (Å²) in [5.74, 6) is 6.28. The summed E-state index contributed by atoms with van der Waals surface area (Å²) in [6.07, 6.45) is 1.79. The number of nitriles is 1. The van der Waals surface area contributed by atoms with E-state index in [-0.39, 0.29) is 0 Å². The Morgan fingerprint density at radius 1 is 0.205 bits per heavy atom. The Bertz CT molecular complexity index is 6450. The van der Waals surface area contributed by atoms with E-state index in [9.17, 15) is 5.26 Å². The van der Waals surface area contributed by atoms with Gasteiger partial charge in [0.05, 0.1) is 50.8 Å². The van der Waals surface area contributed by atoms with Gasteiger partial charge in [-0.3, -0.25) is 4.98 Å². The third kappa shape index (κ3) is 12.2. The van der Waals surface area contributed by atoms with Crippen molar-refractivity contribution in [3.8, 4) is 165 Å². The van der Waals surface area contributed by atoms with E-state index in [2.05, 4.69) is 100 Å². The SMILES string of the molecule is N#Cc1cccc(-n2c3ccc(-c4nc(-c5ccccc5)nc(-c5ccccc5)n4)cc3c3cc(-c4nc(-c5ccccc5)nc(-c5ccccc5)n4)ccc32)c1-c1ncccc1-n1c2ccc(-c3nc(-c4ccccc4)nc(-c4ccccc4)n3)cc2c2cc(-c3nc(-c4ccccc4)nc(-c4ccccc4)n3)ccc21. The zero-order valence-electron chi connectivity index (χ0n) is 59.6. The maximum absolute atomic E-state index is 11.7. The fourth-order valence-corrected chi connectivity index (χ4v) is 14.7. The van der Waals surface area contributed by atoms with Crippen molar-refractivity contribution in [3.05, 3.63) is 358 Å². The molecule has 0 amide bonds. The lowest BCUT2D eigenvalue weighted by Crippen LogP contribution is -2.05. The van der Waals surface area contributed by atoms with Crippen LogP contribution in [0, 0.1) is 11.3 Å². The summed E-state index contributed by atoms with van der Waals surface area (Å²) < 4.78 is 4.47. The van der Waals surface area contributed by atoms with Crippen molar-refractivity contribution in [1.29, 1.82) is 5.26 Å². The van der Waals surface area contributed by atoms with Gasteiger partial charge in [-0.1, -0.05) is 249 Å². The Morgan fingerprint density at radius 3 is 0.670 bits per heavy atom. The second-order valence-corrected chi connectivity index (χ2v) is 26.9. The van der Waals surface area contributed by atoms with E-state index in [0.717, 1.165) is 110 Å². The number of hydrogen-bond acceptors (Lipinski definition) is 14. The molecule has 13 aromatic carbocycles. The molecule has 0 atom stereocenters. The first kappa shape index (κ1) is 65.6. The van der Waals surface area contributed by atoms with Crippen LogP contribution in [0.1, 0.15) is 5.56 Å². The Labute approximate surface area is 641 Å². The summed E-state index contributed by atoms with van der Waals surface area (Å²) in [6, 6.07) is 118. The predicted octanol–water partition coefficient (Wildman–Crippen LogP) is 21.6. The molecule has 0 saturated carbocycles. The van der Waals surface area contributed by atoms with Gasteiger partial charge in [-0.2, -0.15) is 5.26 Å². The smallest absolute Gasteiger partial charge is 0.164 e. The third-order valence-electron chi connectivity index (χ3n) is 20.0. The number of nitrogens with zero attached hydrogens (tertiary/aromatic N) is 16. The fourth-order valence-electron chi connectivity index (χ4n) is 14.7. The van der Waals surface area contributed by atoms with Crippen LogP contribution in [0.15, 0.2) is 352 Å². The minimum Gasteiger partial charge on any atom is -0.309 e. The largest absolute Gasteiger partial charge is 0.309 e. The molecule has 0 bridgehead atoms. The number of aromatic nitrogens is 15. The molecule has 0 saturated heterocycles. The predicted molar refractivity (Wildman–Crippen MR) is 442 cm³/mol. The van der Waals surface area contributed by atoms with Gasteiger partial charge in [-0.05, 0) is 97.1 Å². The Hall–Kier alpha value is -15.9. The summed E-state index contributed by atoms with van der Waals surface area (Å²) in [7, 11) is 0. The van der Waals surface area contributed by atoms with Gasteiger partial charge >= 0.3 is 0 Å². The van der Waals surface area contributed by atoms with E-state index < -0.39 is 0 Å². The van der Waals surface area contributed by atoms with E-state index in [1.807, 2.05) is 261 Å². The van der Waals surface area contributed by atoms with Gasteiger partial charge in [0.15, 0.2) is 69.9 Å². The van der Waals surface area contributed by atoms with Gasteiger partial charge in [-0.15, -0.1) is 0 Å². The van der Waals surface area contributed by atoms with Crippen molar-refractivity contribution < 1.29 is 0 Å². The molecule has 7 aromatic heterocycles. The summed E-state index contributed by atoms with van der Waals surface area (Å²) in [4.78, 5) is 67.5. The summed E-state index contributed by atoms with van der Waals surface area (Å²) in [5.41, 5.74) is 16.2. The highest BCUT2D eigenvalue weighted by Gasteiger charge is 2.27. The van der Waals surface area contributed by atoms with Gasteiger partial charge < -0.3 is 9.13 Å². The Balaban J connectivity index is 0.814. The molecule has 7 heterocycles. The Kier molecular flexibility index (Phi) is 16.5. The normalized spacial score (nSPS) is 11.4. The quantitative estimate of drug-likeness (QED) is 0.0938.